The number of aromatic nitrogens is 1. The molecular weight excluding hydrogens is 364 g/mol. The Hall–Kier alpha value is -2.28. The molecule has 1 heterocycles. The lowest BCUT2D eigenvalue weighted by Crippen LogP contribution is -2.35. The Bertz CT molecular complexity index is 734. The molecular formula is C16H17BrN2O4. The van der Waals surface area contributed by atoms with Crippen LogP contribution in [-0.2, 0) is 4.84 Å². The topological polar surface area (TPSA) is 89.0 Å². The van der Waals surface area contributed by atoms with Gasteiger partial charge in [0, 0.05) is 10.5 Å². The van der Waals surface area contributed by atoms with Crippen molar-refractivity contribution in [2.75, 3.05) is 0 Å². The Labute approximate surface area is 142 Å². The molecule has 122 valence electrons. The number of oxime groups is 1. The Balaban J connectivity index is 2.68. The molecule has 6 nitrogen and oxygen atoms in total. The zero-order valence-electron chi connectivity index (χ0n) is 12.9. The molecule has 0 aliphatic rings. The van der Waals surface area contributed by atoms with Gasteiger partial charge in [0.05, 0.1) is 5.56 Å². The minimum absolute atomic E-state index is 0.0341. The van der Waals surface area contributed by atoms with E-state index in [9.17, 15) is 15.4 Å². The molecule has 23 heavy (non-hydrogen) atoms. The number of halogens is 1. The van der Waals surface area contributed by atoms with E-state index in [2.05, 4.69) is 21.1 Å². The summed E-state index contributed by atoms with van der Waals surface area (Å²) in [5, 5.41) is 36.3. The van der Waals surface area contributed by atoms with Crippen molar-refractivity contribution in [3.63, 3.8) is 0 Å². The van der Waals surface area contributed by atoms with Crippen LogP contribution in [0.4, 0.5) is 0 Å². The number of phenols is 1. The van der Waals surface area contributed by atoms with Crippen LogP contribution in [0, 0.1) is 5.21 Å². The fraction of sp³-hybridized carbons (Fsp3) is 0.250. The Morgan fingerprint density at radius 1 is 1.22 bits per heavy atom. The first-order valence-electron chi connectivity index (χ1n) is 6.85. The van der Waals surface area contributed by atoms with Crippen LogP contribution >= 0.6 is 15.9 Å². The van der Waals surface area contributed by atoms with Crippen LogP contribution in [0.2, 0.25) is 0 Å². The third kappa shape index (κ3) is 4.13. The van der Waals surface area contributed by atoms with Gasteiger partial charge >= 0.3 is 0 Å². The van der Waals surface area contributed by atoms with E-state index in [-0.39, 0.29) is 28.5 Å². The molecule has 1 aromatic carbocycles. The van der Waals surface area contributed by atoms with Crippen molar-refractivity contribution < 1.29 is 19.8 Å². The summed E-state index contributed by atoms with van der Waals surface area (Å²) in [6.45, 7) is 5.39. The summed E-state index contributed by atoms with van der Waals surface area (Å²) in [5.41, 5.74) is -0.419. The highest BCUT2D eigenvalue weighted by Gasteiger charge is 2.26. The van der Waals surface area contributed by atoms with Gasteiger partial charge in [0.1, 0.15) is 11.4 Å². The first kappa shape index (κ1) is 17.1. The van der Waals surface area contributed by atoms with Crippen molar-refractivity contribution >= 4 is 21.6 Å². The standard InChI is InChI=1S/C16H17BrN2O4/c1-16(2,3)23-18-14(11-9-10(17)6-7-12(11)20)15-13(21)5-4-8-19(15)22/h4-9,20-21H,1-3H3. The average molecular weight is 381 g/mol. The average Bonchev–Trinajstić information content (AvgIpc) is 2.44. The molecule has 0 amide bonds. The van der Waals surface area contributed by atoms with E-state index < -0.39 is 5.60 Å². The fourth-order valence-electron chi connectivity index (χ4n) is 1.80. The van der Waals surface area contributed by atoms with E-state index in [1.165, 1.54) is 24.4 Å². The summed E-state index contributed by atoms with van der Waals surface area (Å²) >= 11 is 3.31. The second-order valence-corrected chi connectivity index (χ2v) is 6.79. The van der Waals surface area contributed by atoms with Crippen LogP contribution in [0.25, 0.3) is 0 Å². The van der Waals surface area contributed by atoms with Crippen molar-refractivity contribution in [2.24, 2.45) is 5.16 Å². The number of benzene rings is 1. The number of hydrogen-bond donors (Lipinski definition) is 2. The Morgan fingerprint density at radius 2 is 1.91 bits per heavy atom. The van der Waals surface area contributed by atoms with Gasteiger partial charge in [-0.3, -0.25) is 0 Å². The predicted octanol–water partition coefficient (Wildman–Crippen LogP) is 3.06. The number of phenolic OH excluding ortho intramolecular Hbond substituents is 1. The number of aromatic hydroxyl groups is 2. The van der Waals surface area contributed by atoms with Crippen LogP contribution < -0.4 is 4.73 Å². The number of pyridine rings is 1. The number of nitrogens with zero attached hydrogens (tertiary/aromatic N) is 2. The highest BCUT2D eigenvalue weighted by molar-refractivity contribution is 9.10. The predicted molar refractivity (Wildman–Crippen MR) is 89.4 cm³/mol. The van der Waals surface area contributed by atoms with Crippen molar-refractivity contribution in [1.82, 2.24) is 0 Å². The molecule has 2 aromatic rings. The van der Waals surface area contributed by atoms with Crippen LogP contribution in [0.3, 0.4) is 0 Å². The van der Waals surface area contributed by atoms with Crippen LogP contribution in [-0.4, -0.2) is 21.5 Å². The van der Waals surface area contributed by atoms with Gasteiger partial charge in [-0.15, -0.1) is 0 Å². The molecule has 0 aliphatic heterocycles. The number of rotatable bonds is 3. The molecule has 0 atom stereocenters. The summed E-state index contributed by atoms with van der Waals surface area (Å²) in [4.78, 5) is 5.40. The summed E-state index contributed by atoms with van der Waals surface area (Å²) in [6.07, 6.45) is 1.23. The molecule has 7 heteroatoms. The quantitative estimate of drug-likeness (QED) is 0.370. The summed E-state index contributed by atoms with van der Waals surface area (Å²) < 4.78 is 1.15. The van der Waals surface area contributed by atoms with E-state index in [1.807, 2.05) is 0 Å². The third-order valence-electron chi connectivity index (χ3n) is 2.79. The van der Waals surface area contributed by atoms with E-state index in [1.54, 1.807) is 32.9 Å². The van der Waals surface area contributed by atoms with Crippen LogP contribution in [0.15, 0.2) is 46.2 Å². The van der Waals surface area contributed by atoms with Crippen molar-refractivity contribution in [2.45, 2.75) is 26.4 Å². The van der Waals surface area contributed by atoms with Gasteiger partial charge < -0.3 is 20.3 Å². The summed E-state index contributed by atoms with van der Waals surface area (Å²) in [5.74, 6) is -0.356. The van der Waals surface area contributed by atoms with Crippen molar-refractivity contribution in [1.29, 1.82) is 0 Å². The smallest absolute Gasteiger partial charge is 0.288 e. The lowest BCUT2D eigenvalue weighted by molar-refractivity contribution is -0.607. The second kappa shape index (κ2) is 6.45. The minimum Gasteiger partial charge on any atom is -0.618 e. The van der Waals surface area contributed by atoms with Gasteiger partial charge in [-0.25, -0.2) is 0 Å². The van der Waals surface area contributed by atoms with E-state index in [4.69, 9.17) is 4.84 Å². The molecule has 0 unspecified atom stereocenters. The molecule has 1 aromatic heterocycles. The maximum atomic E-state index is 12.1. The van der Waals surface area contributed by atoms with Crippen LogP contribution in [0.5, 0.6) is 11.5 Å². The van der Waals surface area contributed by atoms with Gasteiger partial charge in [-0.1, -0.05) is 21.1 Å². The highest BCUT2D eigenvalue weighted by atomic mass is 79.9. The molecule has 0 bridgehead atoms. The Morgan fingerprint density at radius 3 is 2.52 bits per heavy atom. The van der Waals surface area contributed by atoms with E-state index >= 15 is 0 Å². The zero-order chi connectivity index (χ0) is 17.2. The molecule has 0 aliphatic carbocycles. The zero-order valence-corrected chi connectivity index (χ0v) is 14.5. The summed E-state index contributed by atoms with van der Waals surface area (Å²) in [7, 11) is 0. The Kier molecular flexibility index (Phi) is 4.79. The molecule has 0 radical (unpaired) electrons. The largest absolute Gasteiger partial charge is 0.618 e. The molecule has 0 spiro atoms. The molecule has 0 saturated heterocycles. The van der Waals surface area contributed by atoms with Gasteiger partial charge in [0.15, 0.2) is 17.7 Å². The molecule has 0 saturated carbocycles. The molecule has 0 fully saturated rings. The molecule has 2 N–H and O–H groups in total. The normalized spacial score (nSPS) is 12.3. The highest BCUT2D eigenvalue weighted by Crippen LogP contribution is 2.27. The lowest BCUT2D eigenvalue weighted by atomic mass is 10.1. The third-order valence-corrected chi connectivity index (χ3v) is 3.28. The maximum Gasteiger partial charge on any atom is 0.288 e. The lowest BCUT2D eigenvalue weighted by Gasteiger charge is -2.17. The van der Waals surface area contributed by atoms with E-state index in [0.717, 1.165) is 0 Å². The van der Waals surface area contributed by atoms with Crippen molar-refractivity contribution in [3.05, 3.63) is 57.5 Å². The first-order chi connectivity index (χ1) is 10.7. The van der Waals surface area contributed by atoms with Gasteiger partial charge in [0.25, 0.3) is 5.69 Å². The second-order valence-electron chi connectivity index (χ2n) is 5.87. The van der Waals surface area contributed by atoms with Gasteiger partial charge in [-0.2, -0.15) is 4.73 Å². The van der Waals surface area contributed by atoms with Gasteiger partial charge in [0.2, 0.25) is 0 Å². The maximum absolute atomic E-state index is 12.1. The van der Waals surface area contributed by atoms with Crippen molar-refractivity contribution in [3.8, 4) is 11.5 Å². The fourth-order valence-corrected chi connectivity index (χ4v) is 2.17. The SMILES string of the molecule is CC(C)(C)ON=C(c1cc(Br)ccc1O)c1c(O)ccc[n+]1[O-]. The van der Waals surface area contributed by atoms with Gasteiger partial charge in [-0.05, 0) is 45.0 Å². The van der Waals surface area contributed by atoms with Crippen LogP contribution in [0.1, 0.15) is 32.0 Å². The summed E-state index contributed by atoms with van der Waals surface area (Å²) in [6, 6.07) is 7.48. The monoisotopic (exact) mass is 380 g/mol. The van der Waals surface area contributed by atoms with E-state index in [0.29, 0.717) is 9.20 Å². The molecule has 2 rings (SSSR count). The minimum atomic E-state index is -0.606. The first-order valence-corrected chi connectivity index (χ1v) is 7.65. The number of hydrogen-bond acceptors (Lipinski definition) is 5.